The minimum Gasteiger partial charge on any atom is -0.457 e. The number of carbonyl (C=O) groups is 3. The van der Waals surface area contributed by atoms with Crippen LogP contribution in [0, 0.1) is 28.6 Å². The van der Waals surface area contributed by atoms with Crippen LogP contribution in [0.1, 0.15) is 50.6 Å². The molecule has 4 aliphatic carbocycles. The van der Waals surface area contributed by atoms with Crippen LogP contribution in [0.15, 0.2) is 46.6 Å². The molecule has 0 amide bonds. The molecular formula is C26H27FO6S. The number of ether oxygens (including phenoxy) is 2. The van der Waals surface area contributed by atoms with Crippen molar-refractivity contribution in [2.24, 2.45) is 28.6 Å². The van der Waals surface area contributed by atoms with Crippen molar-refractivity contribution >= 4 is 29.5 Å². The van der Waals surface area contributed by atoms with E-state index in [1.807, 2.05) is 20.8 Å². The zero-order valence-electron chi connectivity index (χ0n) is 19.2. The van der Waals surface area contributed by atoms with Crippen LogP contribution in [0.2, 0.25) is 0 Å². The van der Waals surface area contributed by atoms with Gasteiger partial charge in [-0.05, 0) is 67.9 Å². The topological polar surface area (TPSA) is 86.1 Å². The highest BCUT2D eigenvalue weighted by atomic mass is 32.1. The van der Waals surface area contributed by atoms with Gasteiger partial charge in [0.25, 0.3) is 0 Å². The third kappa shape index (κ3) is 2.39. The first-order valence-corrected chi connectivity index (χ1v) is 12.2. The highest BCUT2D eigenvalue weighted by molar-refractivity contribution is 7.96. The lowest BCUT2D eigenvalue weighted by Gasteiger charge is -2.56. The zero-order chi connectivity index (χ0) is 24.3. The first kappa shape index (κ1) is 22.3. The summed E-state index contributed by atoms with van der Waals surface area (Å²) in [5.74, 6) is -1.57. The SMILES string of the molecule is C[C@@H]1CC2C3C[C@H](F)C4=CC(=O)C=C[C@]4(C)[C@@]34O[C@H]4C[C@]2(C)[C@@]1(OC(=O)c1ccco1)C(=O)S. The number of halogens is 1. The third-order valence-corrected chi connectivity index (χ3v) is 10.1. The molecule has 2 unspecified atom stereocenters. The molecule has 1 spiro atoms. The molecule has 0 radical (unpaired) electrons. The fourth-order valence-electron chi connectivity index (χ4n) is 8.27. The summed E-state index contributed by atoms with van der Waals surface area (Å²) in [5, 5.41) is -0.513. The van der Waals surface area contributed by atoms with Gasteiger partial charge in [-0.25, -0.2) is 9.18 Å². The Kier molecular flexibility index (Phi) is 4.41. The molecule has 180 valence electrons. The van der Waals surface area contributed by atoms with E-state index in [2.05, 4.69) is 12.6 Å². The molecule has 0 aromatic carbocycles. The van der Waals surface area contributed by atoms with Gasteiger partial charge in [-0.3, -0.25) is 9.59 Å². The Bertz CT molecular complexity index is 1170. The van der Waals surface area contributed by atoms with E-state index in [4.69, 9.17) is 13.9 Å². The van der Waals surface area contributed by atoms with Crippen molar-refractivity contribution in [3.05, 3.63) is 48.0 Å². The second kappa shape index (κ2) is 6.72. The van der Waals surface area contributed by atoms with Gasteiger partial charge in [-0.15, -0.1) is 12.6 Å². The van der Waals surface area contributed by atoms with Gasteiger partial charge >= 0.3 is 5.97 Å². The number of alkyl halides is 1. The predicted molar refractivity (Wildman–Crippen MR) is 122 cm³/mol. The summed E-state index contributed by atoms with van der Waals surface area (Å²) in [6.45, 7) is 5.81. The maximum Gasteiger partial charge on any atom is 0.375 e. The number of carbonyl (C=O) groups excluding carboxylic acids is 3. The molecule has 9 atom stereocenters. The Labute approximate surface area is 202 Å². The molecule has 1 aromatic rings. The van der Waals surface area contributed by atoms with Gasteiger partial charge in [0.05, 0.1) is 12.4 Å². The molecule has 1 aromatic heterocycles. The molecular weight excluding hydrogens is 459 g/mol. The van der Waals surface area contributed by atoms with Gasteiger partial charge in [0.2, 0.25) is 10.9 Å². The van der Waals surface area contributed by atoms with E-state index in [0.717, 1.165) is 0 Å². The maximum atomic E-state index is 15.6. The van der Waals surface area contributed by atoms with Gasteiger partial charge in [-0.2, -0.15) is 0 Å². The average Bonchev–Trinajstić information content (AvgIpc) is 3.15. The van der Waals surface area contributed by atoms with Gasteiger partial charge in [0.15, 0.2) is 11.4 Å². The number of esters is 1. The van der Waals surface area contributed by atoms with E-state index in [9.17, 15) is 14.4 Å². The molecule has 8 heteroatoms. The van der Waals surface area contributed by atoms with Crippen LogP contribution in [-0.4, -0.2) is 40.3 Å². The summed E-state index contributed by atoms with van der Waals surface area (Å²) in [7, 11) is 0. The fraction of sp³-hybridized carbons (Fsp3) is 0.577. The van der Waals surface area contributed by atoms with Crippen molar-refractivity contribution in [2.45, 2.75) is 63.5 Å². The van der Waals surface area contributed by atoms with Gasteiger partial charge in [-0.1, -0.05) is 19.9 Å². The van der Waals surface area contributed by atoms with Crippen molar-refractivity contribution in [3.8, 4) is 0 Å². The molecule has 34 heavy (non-hydrogen) atoms. The number of rotatable bonds is 3. The molecule has 2 heterocycles. The van der Waals surface area contributed by atoms with Crippen molar-refractivity contribution in [1.29, 1.82) is 0 Å². The maximum absolute atomic E-state index is 15.6. The molecule has 1 saturated heterocycles. The van der Waals surface area contributed by atoms with Crippen LogP contribution in [-0.2, 0) is 19.1 Å². The number of furan rings is 1. The van der Waals surface area contributed by atoms with Crippen LogP contribution in [0.4, 0.5) is 4.39 Å². The monoisotopic (exact) mass is 486 g/mol. The standard InChI is InChI=1S/C26H27FO6S/c1-13-9-15-16-11-18(27)17-10-14(28)6-7-23(17,2)26(16)20(32-26)12-24(15,3)25(13,22(30)34)33-21(29)19-5-4-8-31-19/h4-8,10,13,15-16,18,20H,9,11-12H2,1-3H3,(H,30,34)/t13-,15?,16?,18+,20+,23+,24+,25+,26-/m1/s1. The van der Waals surface area contributed by atoms with E-state index < -0.39 is 39.3 Å². The Morgan fingerprint density at radius 3 is 2.68 bits per heavy atom. The van der Waals surface area contributed by atoms with Crippen molar-refractivity contribution in [1.82, 2.24) is 0 Å². The second-order valence-electron chi connectivity index (χ2n) is 11.0. The Hall–Kier alpha value is -2.19. The van der Waals surface area contributed by atoms with Crippen LogP contribution >= 0.6 is 12.6 Å². The molecule has 0 bridgehead atoms. The predicted octanol–water partition coefficient (Wildman–Crippen LogP) is 4.26. The second-order valence-corrected chi connectivity index (χ2v) is 11.4. The van der Waals surface area contributed by atoms with Gasteiger partial charge in [0.1, 0.15) is 11.8 Å². The van der Waals surface area contributed by atoms with E-state index in [1.165, 1.54) is 24.5 Å². The van der Waals surface area contributed by atoms with Crippen molar-refractivity contribution in [2.75, 3.05) is 0 Å². The van der Waals surface area contributed by atoms with Crippen molar-refractivity contribution < 1.29 is 32.7 Å². The number of epoxide rings is 1. The minimum atomic E-state index is -1.50. The zero-order valence-corrected chi connectivity index (χ0v) is 20.1. The normalized spacial score (nSPS) is 48.2. The van der Waals surface area contributed by atoms with Crippen LogP contribution in [0.5, 0.6) is 0 Å². The van der Waals surface area contributed by atoms with E-state index in [1.54, 1.807) is 12.1 Å². The highest BCUT2D eigenvalue weighted by Gasteiger charge is 2.83. The van der Waals surface area contributed by atoms with E-state index in [0.29, 0.717) is 18.4 Å². The molecule has 0 N–H and O–H groups in total. The highest BCUT2D eigenvalue weighted by Crippen LogP contribution is 2.77. The van der Waals surface area contributed by atoms with Crippen LogP contribution < -0.4 is 0 Å². The summed E-state index contributed by atoms with van der Waals surface area (Å²) < 4.78 is 33.3. The lowest BCUT2D eigenvalue weighted by atomic mass is 9.46. The number of ketones is 1. The fourth-order valence-corrected chi connectivity index (χ4v) is 8.79. The Morgan fingerprint density at radius 2 is 2.00 bits per heavy atom. The summed E-state index contributed by atoms with van der Waals surface area (Å²) in [6.07, 6.45) is 5.81. The lowest BCUT2D eigenvalue weighted by molar-refractivity contribution is -0.156. The third-order valence-electron chi connectivity index (χ3n) is 9.75. The summed E-state index contributed by atoms with van der Waals surface area (Å²) in [6, 6.07) is 3.08. The quantitative estimate of drug-likeness (QED) is 0.390. The molecule has 5 aliphatic rings. The number of fused-ring (bicyclic) bond motifs is 3. The molecule has 6 nitrogen and oxygen atoms in total. The van der Waals surface area contributed by atoms with E-state index in [-0.39, 0.29) is 41.8 Å². The van der Waals surface area contributed by atoms with Crippen LogP contribution in [0.25, 0.3) is 0 Å². The number of thiol groups is 1. The minimum absolute atomic E-state index is 0.0156. The number of hydrogen-bond acceptors (Lipinski definition) is 6. The van der Waals surface area contributed by atoms with E-state index >= 15 is 4.39 Å². The smallest absolute Gasteiger partial charge is 0.375 e. The van der Waals surface area contributed by atoms with Crippen molar-refractivity contribution in [3.63, 3.8) is 0 Å². The molecule has 4 fully saturated rings. The Morgan fingerprint density at radius 1 is 1.24 bits per heavy atom. The summed E-state index contributed by atoms with van der Waals surface area (Å²) >= 11 is 4.24. The average molecular weight is 487 g/mol. The number of hydrogen-bond donors (Lipinski definition) is 1. The van der Waals surface area contributed by atoms with Crippen LogP contribution in [0.3, 0.4) is 0 Å². The molecule has 3 saturated carbocycles. The van der Waals surface area contributed by atoms with Gasteiger partial charge in [0, 0.05) is 16.7 Å². The number of allylic oxidation sites excluding steroid dienone is 2. The lowest BCUT2D eigenvalue weighted by Crippen LogP contribution is -2.63. The largest absolute Gasteiger partial charge is 0.457 e. The van der Waals surface area contributed by atoms with Gasteiger partial charge < -0.3 is 13.9 Å². The summed E-state index contributed by atoms with van der Waals surface area (Å²) in [5.41, 5.74) is -3.18. The summed E-state index contributed by atoms with van der Waals surface area (Å²) in [4.78, 5) is 38.2. The molecule has 6 rings (SSSR count). The first-order valence-electron chi connectivity index (χ1n) is 11.8. The molecule has 1 aliphatic heterocycles. The Balaban J connectivity index is 1.44. The first-order chi connectivity index (χ1) is 16.0.